The minimum atomic E-state index is 0.504. The largest absolute Gasteiger partial charge is 0.497 e. The van der Waals surface area contributed by atoms with Gasteiger partial charge in [0, 0.05) is 19.1 Å². The Kier molecular flexibility index (Phi) is 4.40. The molecule has 0 N–H and O–H groups in total. The van der Waals surface area contributed by atoms with Crippen LogP contribution in [0.2, 0.25) is 0 Å². The topological polar surface area (TPSA) is 21.7 Å². The molecule has 0 saturated carbocycles. The first-order valence-corrected chi connectivity index (χ1v) is 6.31. The van der Waals surface area contributed by atoms with Crippen molar-refractivity contribution in [1.29, 1.82) is 0 Å². The maximum Gasteiger partial charge on any atom is 0.118 e. The maximum atomic E-state index is 5.41. The van der Waals surface area contributed by atoms with Crippen molar-refractivity contribution in [3.63, 3.8) is 0 Å². The molecule has 0 radical (unpaired) electrons. The lowest BCUT2D eigenvalue weighted by Gasteiger charge is -2.34. The molecule has 1 aromatic carbocycles. The summed E-state index contributed by atoms with van der Waals surface area (Å²) < 4.78 is 10.6. The second kappa shape index (κ2) is 6.03. The van der Waals surface area contributed by atoms with Gasteiger partial charge in [-0.25, -0.2) is 0 Å². The molecular weight excluding hydrogens is 214 g/mol. The fourth-order valence-corrected chi connectivity index (χ4v) is 2.42. The van der Waals surface area contributed by atoms with E-state index >= 15 is 0 Å². The van der Waals surface area contributed by atoms with Crippen LogP contribution >= 0.6 is 0 Å². The van der Waals surface area contributed by atoms with Crippen LogP contribution in [0, 0.1) is 0 Å². The van der Waals surface area contributed by atoms with Crippen LogP contribution in [0.15, 0.2) is 24.3 Å². The number of morpholine rings is 1. The van der Waals surface area contributed by atoms with Gasteiger partial charge < -0.3 is 9.47 Å². The molecule has 0 aromatic heterocycles. The Morgan fingerprint density at radius 3 is 2.41 bits per heavy atom. The van der Waals surface area contributed by atoms with Crippen molar-refractivity contribution in [3.05, 3.63) is 29.8 Å². The molecule has 1 saturated heterocycles. The maximum absolute atomic E-state index is 5.41. The van der Waals surface area contributed by atoms with Crippen molar-refractivity contribution in [2.45, 2.75) is 19.4 Å². The van der Waals surface area contributed by atoms with Crippen LogP contribution in [0.3, 0.4) is 0 Å². The van der Waals surface area contributed by atoms with Gasteiger partial charge in [0.05, 0.1) is 20.3 Å². The van der Waals surface area contributed by atoms with Crippen LogP contribution in [0.5, 0.6) is 5.75 Å². The van der Waals surface area contributed by atoms with E-state index in [0.29, 0.717) is 6.04 Å². The summed E-state index contributed by atoms with van der Waals surface area (Å²) in [6, 6.07) is 8.92. The Morgan fingerprint density at radius 2 is 1.88 bits per heavy atom. The first kappa shape index (κ1) is 12.4. The third-order valence-electron chi connectivity index (χ3n) is 3.37. The highest BCUT2D eigenvalue weighted by atomic mass is 16.5. The standard InChI is InChI=1S/C14H21NO2/c1-3-14(15-8-10-17-11-9-15)12-4-6-13(16-2)7-5-12/h4-7,14H,3,8-11H2,1-2H3. The van der Waals surface area contributed by atoms with Gasteiger partial charge in [-0.05, 0) is 24.1 Å². The highest BCUT2D eigenvalue weighted by Crippen LogP contribution is 2.26. The summed E-state index contributed by atoms with van der Waals surface area (Å²) in [6.07, 6.45) is 1.13. The number of hydrogen-bond acceptors (Lipinski definition) is 3. The van der Waals surface area contributed by atoms with Gasteiger partial charge in [0.2, 0.25) is 0 Å². The lowest BCUT2D eigenvalue weighted by molar-refractivity contribution is 0.0152. The molecule has 1 aliphatic heterocycles. The summed E-state index contributed by atoms with van der Waals surface area (Å²) in [5.74, 6) is 0.922. The Hall–Kier alpha value is -1.06. The number of hydrogen-bond donors (Lipinski definition) is 0. The summed E-state index contributed by atoms with van der Waals surface area (Å²) in [5, 5.41) is 0. The number of rotatable bonds is 4. The van der Waals surface area contributed by atoms with Gasteiger partial charge in [-0.1, -0.05) is 19.1 Å². The predicted octanol–water partition coefficient (Wildman–Crippen LogP) is 2.48. The molecule has 0 aliphatic carbocycles. The molecule has 2 rings (SSSR count). The minimum absolute atomic E-state index is 0.504. The third kappa shape index (κ3) is 2.99. The van der Waals surface area contributed by atoms with Gasteiger partial charge in [-0.3, -0.25) is 4.90 Å². The lowest BCUT2D eigenvalue weighted by atomic mass is 10.0. The molecule has 1 heterocycles. The Morgan fingerprint density at radius 1 is 1.24 bits per heavy atom. The van der Waals surface area contributed by atoms with E-state index < -0.39 is 0 Å². The molecule has 1 atom stereocenters. The van der Waals surface area contributed by atoms with E-state index in [1.165, 1.54) is 5.56 Å². The third-order valence-corrected chi connectivity index (χ3v) is 3.37. The van der Waals surface area contributed by atoms with E-state index in [1.54, 1.807) is 7.11 Å². The van der Waals surface area contributed by atoms with E-state index in [9.17, 15) is 0 Å². The zero-order valence-electron chi connectivity index (χ0n) is 10.7. The number of nitrogens with zero attached hydrogens (tertiary/aromatic N) is 1. The molecule has 1 fully saturated rings. The van der Waals surface area contributed by atoms with Gasteiger partial charge in [0.15, 0.2) is 0 Å². The van der Waals surface area contributed by atoms with Gasteiger partial charge >= 0.3 is 0 Å². The highest BCUT2D eigenvalue weighted by Gasteiger charge is 2.20. The molecular formula is C14H21NO2. The normalized spacial score (nSPS) is 18.9. The molecule has 17 heavy (non-hydrogen) atoms. The smallest absolute Gasteiger partial charge is 0.118 e. The molecule has 0 bridgehead atoms. The fraction of sp³-hybridized carbons (Fsp3) is 0.571. The van der Waals surface area contributed by atoms with Crippen LogP contribution in [0.1, 0.15) is 24.9 Å². The molecule has 3 nitrogen and oxygen atoms in total. The molecule has 1 aromatic rings. The van der Waals surface area contributed by atoms with E-state index in [0.717, 1.165) is 38.5 Å². The predicted molar refractivity (Wildman–Crippen MR) is 68.4 cm³/mol. The van der Waals surface area contributed by atoms with E-state index in [4.69, 9.17) is 9.47 Å². The number of ether oxygens (including phenoxy) is 2. The van der Waals surface area contributed by atoms with Crippen LogP contribution in [-0.2, 0) is 4.74 Å². The average molecular weight is 235 g/mol. The zero-order valence-corrected chi connectivity index (χ0v) is 10.7. The van der Waals surface area contributed by atoms with Gasteiger partial charge in [0.25, 0.3) is 0 Å². The van der Waals surface area contributed by atoms with Crippen molar-refractivity contribution in [2.75, 3.05) is 33.4 Å². The van der Waals surface area contributed by atoms with Crippen LogP contribution in [0.25, 0.3) is 0 Å². The van der Waals surface area contributed by atoms with Crippen molar-refractivity contribution in [1.82, 2.24) is 4.90 Å². The molecule has 1 aliphatic rings. The molecule has 0 amide bonds. The fourth-order valence-electron chi connectivity index (χ4n) is 2.42. The quantitative estimate of drug-likeness (QED) is 0.800. The summed E-state index contributed by atoms with van der Waals surface area (Å²) >= 11 is 0. The Bertz CT molecular complexity index is 331. The number of methoxy groups -OCH3 is 1. The van der Waals surface area contributed by atoms with Crippen LogP contribution in [0.4, 0.5) is 0 Å². The Balaban J connectivity index is 2.10. The summed E-state index contributed by atoms with van der Waals surface area (Å²) in [7, 11) is 1.70. The average Bonchev–Trinajstić information content (AvgIpc) is 2.42. The van der Waals surface area contributed by atoms with Crippen LogP contribution < -0.4 is 4.74 Å². The second-order valence-electron chi connectivity index (χ2n) is 4.35. The molecule has 1 unspecified atom stereocenters. The van der Waals surface area contributed by atoms with Gasteiger partial charge in [0.1, 0.15) is 5.75 Å². The van der Waals surface area contributed by atoms with Crippen molar-refractivity contribution in [2.24, 2.45) is 0 Å². The Labute approximate surface area is 103 Å². The zero-order chi connectivity index (χ0) is 12.1. The van der Waals surface area contributed by atoms with Gasteiger partial charge in [-0.2, -0.15) is 0 Å². The first-order valence-electron chi connectivity index (χ1n) is 6.31. The lowest BCUT2D eigenvalue weighted by Crippen LogP contribution is -2.38. The van der Waals surface area contributed by atoms with Gasteiger partial charge in [-0.15, -0.1) is 0 Å². The second-order valence-corrected chi connectivity index (χ2v) is 4.35. The molecule has 94 valence electrons. The molecule has 3 heteroatoms. The van der Waals surface area contributed by atoms with Crippen molar-refractivity contribution >= 4 is 0 Å². The van der Waals surface area contributed by atoms with Crippen molar-refractivity contribution in [3.8, 4) is 5.75 Å². The van der Waals surface area contributed by atoms with Crippen LogP contribution in [-0.4, -0.2) is 38.3 Å². The van der Waals surface area contributed by atoms with Crippen molar-refractivity contribution < 1.29 is 9.47 Å². The first-order chi connectivity index (χ1) is 8.35. The minimum Gasteiger partial charge on any atom is -0.497 e. The van der Waals surface area contributed by atoms with E-state index in [1.807, 2.05) is 12.1 Å². The summed E-state index contributed by atoms with van der Waals surface area (Å²) in [4.78, 5) is 2.51. The summed E-state index contributed by atoms with van der Waals surface area (Å²) in [6.45, 7) is 6.01. The van der Waals surface area contributed by atoms with E-state index in [-0.39, 0.29) is 0 Å². The SMILES string of the molecule is CCC(c1ccc(OC)cc1)N1CCOCC1. The monoisotopic (exact) mass is 235 g/mol. The summed E-state index contributed by atoms with van der Waals surface area (Å²) in [5.41, 5.74) is 1.37. The van der Waals surface area contributed by atoms with E-state index in [2.05, 4.69) is 24.0 Å². The highest BCUT2D eigenvalue weighted by molar-refractivity contribution is 5.29. The molecule has 0 spiro atoms. The number of benzene rings is 1.